The van der Waals surface area contributed by atoms with E-state index in [0.717, 1.165) is 23.4 Å². The number of aromatic nitrogens is 1. The zero-order valence-electron chi connectivity index (χ0n) is 10.8. The molecule has 1 amide bonds. The fourth-order valence-electron chi connectivity index (χ4n) is 2.66. The van der Waals surface area contributed by atoms with Crippen molar-refractivity contribution >= 4 is 16.8 Å². The van der Waals surface area contributed by atoms with Gasteiger partial charge in [0.1, 0.15) is 0 Å². The SMILES string of the molecule is CC(=O)N1CCc2[nH]c3ccc(C(F)(F)F)cc3c2C1. The predicted octanol–water partition coefficient (Wildman–Crippen LogP) is 3.09. The quantitative estimate of drug-likeness (QED) is 0.792. The molecule has 2 heterocycles. The van der Waals surface area contributed by atoms with Gasteiger partial charge in [0.25, 0.3) is 0 Å². The molecule has 0 saturated heterocycles. The summed E-state index contributed by atoms with van der Waals surface area (Å²) in [5, 5.41) is 0.556. The number of hydrogen-bond acceptors (Lipinski definition) is 1. The van der Waals surface area contributed by atoms with Gasteiger partial charge in [0.05, 0.1) is 5.56 Å². The second kappa shape index (κ2) is 4.26. The van der Waals surface area contributed by atoms with E-state index in [1.165, 1.54) is 13.0 Å². The van der Waals surface area contributed by atoms with Gasteiger partial charge < -0.3 is 9.88 Å². The van der Waals surface area contributed by atoms with Gasteiger partial charge in [-0.15, -0.1) is 0 Å². The van der Waals surface area contributed by atoms with Crippen LogP contribution in [0.4, 0.5) is 13.2 Å². The summed E-state index contributed by atoms with van der Waals surface area (Å²) in [6.45, 7) is 2.44. The molecule has 3 nitrogen and oxygen atoms in total. The Morgan fingerprint density at radius 1 is 1.35 bits per heavy atom. The van der Waals surface area contributed by atoms with Crippen LogP contribution in [0.5, 0.6) is 0 Å². The normalized spacial score (nSPS) is 15.5. The van der Waals surface area contributed by atoms with Crippen molar-refractivity contribution in [3.63, 3.8) is 0 Å². The lowest BCUT2D eigenvalue weighted by Crippen LogP contribution is -2.33. The molecule has 0 saturated carbocycles. The van der Waals surface area contributed by atoms with Gasteiger partial charge in [-0.05, 0) is 18.2 Å². The molecule has 106 valence electrons. The lowest BCUT2D eigenvalue weighted by molar-refractivity contribution is -0.137. The first-order chi connectivity index (χ1) is 9.36. The third-order valence-electron chi connectivity index (χ3n) is 3.75. The largest absolute Gasteiger partial charge is 0.416 e. The van der Waals surface area contributed by atoms with Crippen LogP contribution in [0.3, 0.4) is 0 Å². The summed E-state index contributed by atoms with van der Waals surface area (Å²) in [4.78, 5) is 16.2. The van der Waals surface area contributed by atoms with Crippen molar-refractivity contribution in [1.29, 1.82) is 0 Å². The molecule has 1 aromatic heterocycles. The first-order valence-corrected chi connectivity index (χ1v) is 6.32. The lowest BCUT2D eigenvalue weighted by atomic mass is 10.0. The van der Waals surface area contributed by atoms with E-state index >= 15 is 0 Å². The number of nitrogens with one attached hydrogen (secondary N) is 1. The average molecular weight is 282 g/mol. The third-order valence-corrected chi connectivity index (χ3v) is 3.75. The van der Waals surface area contributed by atoms with Gasteiger partial charge >= 0.3 is 6.18 Å². The second-order valence-electron chi connectivity index (χ2n) is 5.03. The van der Waals surface area contributed by atoms with Crippen LogP contribution in [0, 0.1) is 0 Å². The number of nitrogens with zero attached hydrogens (tertiary/aromatic N) is 1. The van der Waals surface area contributed by atoms with Crippen molar-refractivity contribution in [3.8, 4) is 0 Å². The molecule has 0 atom stereocenters. The molecule has 1 N–H and O–H groups in total. The average Bonchev–Trinajstić information content (AvgIpc) is 2.74. The number of hydrogen-bond donors (Lipinski definition) is 1. The van der Waals surface area contributed by atoms with Crippen LogP contribution in [0.2, 0.25) is 0 Å². The van der Waals surface area contributed by atoms with Crippen LogP contribution in [0.25, 0.3) is 10.9 Å². The summed E-state index contributed by atoms with van der Waals surface area (Å²) >= 11 is 0. The Labute approximate surface area is 113 Å². The minimum absolute atomic E-state index is 0.0584. The van der Waals surface area contributed by atoms with Crippen molar-refractivity contribution in [2.45, 2.75) is 26.1 Å². The smallest absolute Gasteiger partial charge is 0.358 e. The van der Waals surface area contributed by atoms with E-state index in [1.807, 2.05) is 0 Å². The number of amides is 1. The van der Waals surface area contributed by atoms with Crippen molar-refractivity contribution in [1.82, 2.24) is 9.88 Å². The molecule has 1 aliphatic heterocycles. The van der Waals surface area contributed by atoms with Crippen molar-refractivity contribution < 1.29 is 18.0 Å². The standard InChI is InChI=1S/C14H13F3N2O/c1-8(20)19-5-4-13-11(7-19)10-6-9(14(15,16)17)2-3-12(10)18-13/h2-3,6,18H,4-5,7H2,1H3. The number of alkyl halides is 3. The molecule has 0 spiro atoms. The second-order valence-corrected chi connectivity index (χ2v) is 5.03. The topological polar surface area (TPSA) is 36.1 Å². The molecule has 1 aliphatic rings. The van der Waals surface area contributed by atoms with Crippen LogP contribution >= 0.6 is 0 Å². The van der Waals surface area contributed by atoms with E-state index < -0.39 is 11.7 Å². The van der Waals surface area contributed by atoms with E-state index in [4.69, 9.17) is 0 Å². The Hall–Kier alpha value is -1.98. The number of aromatic amines is 1. The van der Waals surface area contributed by atoms with Gasteiger partial charge in [-0.3, -0.25) is 4.79 Å². The zero-order valence-corrected chi connectivity index (χ0v) is 10.8. The molecule has 0 bridgehead atoms. The van der Waals surface area contributed by atoms with E-state index in [2.05, 4.69) is 4.98 Å². The fourth-order valence-corrected chi connectivity index (χ4v) is 2.66. The van der Waals surface area contributed by atoms with E-state index in [9.17, 15) is 18.0 Å². The van der Waals surface area contributed by atoms with Crippen LogP contribution in [-0.4, -0.2) is 22.3 Å². The number of benzene rings is 1. The molecule has 0 aliphatic carbocycles. The molecule has 20 heavy (non-hydrogen) atoms. The van der Waals surface area contributed by atoms with E-state index in [0.29, 0.717) is 30.4 Å². The van der Waals surface area contributed by atoms with E-state index in [-0.39, 0.29) is 5.91 Å². The number of fused-ring (bicyclic) bond motifs is 3. The van der Waals surface area contributed by atoms with Gasteiger partial charge in [-0.2, -0.15) is 13.2 Å². The Bertz CT molecular complexity index is 688. The summed E-state index contributed by atoms with van der Waals surface area (Å²) in [5.74, 6) is -0.0584. The third kappa shape index (κ3) is 2.05. The van der Waals surface area contributed by atoms with E-state index in [1.54, 1.807) is 4.90 Å². The summed E-state index contributed by atoms with van der Waals surface area (Å²) < 4.78 is 38.4. The fraction of sp³-hybridized carbons (Fsp3) is 0.357. The highest BCUT2D eigenvalue weighted by Gasteiger charge is 2.31. The minimum atomic E-state index is -4.35. The van der Waals surface area contributed by atoms with Gasteiger partial charge in [0.2, 0.25) is 5.91 Å². The Balaban J connectivity index is 2.11. The van der Waals surface area contributed by atoms with Crippen molar-refractivity contribution in [2.75, 3.05) is 6.54 Å². The van der Waals surface area contributed by atoms with Crippen molar-refractivity contribution in [3.05, 3.63) is 35.0 Å². The maximum atomic E-state index is 12.8. The lowest BCUT2D eigenvalue weighted by Gasteiger charge is -2.26. The van der Waals surface area contributed by atoms with Gasteiger partial charge in [-0.1, -0.05) is 0 Å². The minimum Gasteiger partial charge on any atom is -0.358 e. The molecule has 2 aromatic rings. The monoisotopic (exact) mass is 282 g/mol. The van der Waals surface area contributed by atoms with Gasteiger partial charge in [0.15, 0.2) is 0 Å². The van der Waals surface area contributed by atoms with Crippen LogP contribution < -0.4 is 0 Å². The number of H-pyrrole nitrogens is 1. The predicted molar refractivity (Wildman–Crippen MR) is 68.1 cm³/mol. The maximum absolute atomic E-state index is 12.8. The summed E-state index contributed by atoms with van der Waals surface area (Å²) in [7, 11) is 0. The Morgan fingerprint density at radius 3 is 2.75 bits per heavy atom. The molecule has 0 unspecified atom stereocenters. The number of rotatable bonds is 0. The highest BCUT2D eigenvalue weighted by Crippen LogP contribution is 2.34. The van der Waals surface area contributed by atoms with Gasteiger partial charge in [0, 0.05) is 48.6 Å². The first kappa shape index (κ1) is 13.0. The molecule has 3 rings (SSSR count). The molecule has 0 fully saturated rings. The zero-order chi connectivity index (χ0) is 14.5. The number of halogens is 3. The summed E-state index contributed by atoms with van der Waals surface area (Å²) in [5.41, 5.74) is 1.75. The van der Waals surface area contributed by atoms with Gasteiger partial charge in [-0.25, -0.2) is 0 Å². The molecular formula is C14H13F3N2O. The summed E-state index contributed by atoms with van der Waals surface area (Å²) in [6.07, 6.45) is -3.71. The molecular weight excluding hydrogens is 269 g/mol. The highest BCUT2D eigenvalue weighted by molar-refractivity contribution is 5.86. The van der Waals surface area contributed by atoms with Crippen LogP contribution in [0.15, 0.2) is 18.2 Å². The highest BCUT2D eigenvalue weighted by atomic mass is 19.4. The first-order valence-electron chi connectivity index (χ1n) is 6.32. The summed E-state index contributed by atoms with van der Waals surface area (Å²) in [6, 6.07) is 3.69. The number of carbonyl (C=O) groups is 1. The van der Waals surface area contributed by atoms with Crippen LogP contribution in [0.1, 0.15) is 23.7 Å². The molecule has 6 heteroatoms. The van der Waals surface area contributed by atoms with Crippen molar-refractivity contribution in [2.24, 2.45) is 0 Å². The Morgan fingerprint density at radius 2 is 2.10 bits per heavy atom. The van der Waals surface area contributed by atoms with Crippen LogP contribution in [-0.2, 0) is 23.9 Å². The maximum Gasteiger partial charge on any atom is 0.416 e. The Kier molecular flexibility index (Phi) is 2.77. The molecule has 1 aromatic carbocycles. The molecule has 0 radical (unpaired) electrons. The number of carbonyl (C=O) groups excluding carboxylic acids is 1.